The Morgan fingerprint density at radius 1 is 0.900 bits per heavy atom. The number of aromatic nitrogens is 1. The Balaban J connectivity index is 0.00000320. The van der Waals surface area contributed by atoms with Gasteiger partial charge in [-0.15, -0.1) is 24.0 Å². The monoisotopic (exact) mass is 518 g/mol. The average molecular weight is 518 g/mol. The average Bonchev–Trinajstić information content (AvgIpc) is 2.79. The third kappa shape index (κ3) is 7.90. The van der Waals surface area contributed by atoms with Gasteiger partial charge in [-0.1, -0.05) is 54.6 Å². The second kappa shape index (κ2) is 13.4. The van der Waals surface area contributed by atoms with Gasteiger partial charge in [0.2, 0.25) is 5.88 Å². The number of hydrogen-bond acceptors (Lipinski definition) is 4. The molecule has 1 heterocycles. The van der Waals surface area contributed by atoms with Crippen LogP contribution in [0.5, 0.6) is 11.6 Å². The molecule has 3 rings (SSSR count). The van der Waals surface area contributed by atoms with Crippen molar-refractivity contribution in [3.8, 4) is 11.6 Å². The van der Waals surface area contributed by atoms with Crippen LogP contribution in [0.15, 0.2) is 84.0 Å². The Kier molecular flexibility index (Phi) is 10.5. The zero-order valence-corrected chi connectivity index (χ0v) is 19.3. The number of nitrogens with zero attached hydrogens (tertiary/aromatic N) is 2. The number of benzene rings is 2. The lowest BCUT2D eigenvalue weighted by molar-refractivity contribution is 0.290. The van der Waals surface area contributed by atoms with Crippen molar-refractivity contribution < 1.29 is 9.47 Å². The molecule has 0 radical (unpaired) electrons. The van der Waals surface area contributed by atoms with Crippen LogP contribution in [-0.4, -0.2) is 31.1 Å². The molecule has 0 saturated carbocycles. The molecular formula is C23H27IN4O2. The maximum atomic E-state index is 5.91. The minimum absolute atomic E-state index is 0. The largest absolute Gasteiger partial charge is 0.492 e. The molecule has 0 amide bonds. The van der Waals surface area contributed by atoms with Crippen molar-refractivity contribution in [3.05, 3.63) is 90.1 Å². The van der Waals surface area contributed by atoms with Crippen LogP contribution < -0.4 is 20.1 Å². The van der Waals surface area contributed by atoms with Gasteiger partial charge in [-0.2, -0.15) is 0 Å². The molecule has 2 aromatic carbocycles. The fourth-order valence-corrected chi connectivity index (χ4v) is 2.67. The van der Waals surface area contributed by atoms with Crippen LogP contribution in [0.4, 0.5) is 0 Å². The number of para-hydroxylation sites is 1. The van der Waals surface area contributed by atoms with E-state index in [1.54, 1.807) is 13.2 Å². The van der Waals surface area contributed by atoms with Gasteiger partial charge in [0.05, 0.1) is 6.54 Å². The molecule has 158 valence electrons. The number of aliphatic imine (C=N–C) groups is 1. The van der Waals surface area contributed by atoms with Gasteiger partial charge < -0.3 is 20.1 Å². The molecule has 0 aliphatic heterocycles. The van der Waals surface area contributed by atoms with Crippen molar-refractivity contribution in [3.63, 3.8) is 0 Å². The van der Waals surface area contributed by atoms with E-state index in [1.165, 1.54) is 0 Å². The smallest absolute Gasteiger partial charge is 0.218 e. The van der Waals surface area contributed by atoms with Crippen molar-refractivity contribution in [1.82, 2.24) is 15.6 Å². The summed E-state index contributed by atoms with van der Waals surface area (Å²) in [5.74, 6) is 2.17. The number of halogens is 1. The van der Waals surface area contributed by atoms with Gasteiger partial charge in [0.15, 0.2) is 5.96 Å². The number of nitrogens with one attached hydrogen (secondary N) is 2. The highest BCUT2D eigenvalue weighted by Crippen LogP contribution is 2.16. The SMILES string of the molecule is CN=C(NCCOc1ccccc1)NCc1cccnc1OCc1ccccc1.I. The number of pyridine rings is 1. The predicted molar refractivity (Wildman–Crippen MR) is 131 cm³/mol. The molecule has 3 aromatic rings. The van der Waals surface area contributed by atoms with Gasteiger partial charge >= 0.3 is 0 Å². The first-order valence-corrected chi connectivity index (χ1v) is 9.58. The van der Waals surface area contributed by atoms with Crippen molar-refractivity contribution >= 4 is 29.9 Å². The summed E-state index contributed by atoms with van der Waals surface area (Å²) in [5.41, 5.74) is 2.07. The van der Waals surface area contributed by atoms with E-state index in [9.17, 15) is 0 Å². The summed E-state index contributed by atoms with van der Waals surface area (Å²) in [6.07, 6.45) is 1.73. The summed E-state index contributed by atoms with van der Waals surface area (Å²) in [6, 6.07) is 23.7. The Labute approximate surface area is 194 Å². The van der Waals surface area contributed by atoms with Gasteiger partial charge in [-0.25, -0.2) is 4.98 Å². The Morgan fingerprint density at radius 2 is 1.63 bits per heavy atom. The number of ether oxygens (including phenoxy) is 2. The molecule has 0 atom stereocenters. The van der Waals surface area contributed by atoms with Gasteiger partial charge in [-0.05, 0) is 23.8 Å². The number of hydrogen-bond donors (Lipinski definition) is 2. The molecule has 1 aromatic heterocycles. The van der Waals surface area contributed by atoms with E-state index >= 15 is 0 Å². The lowest BCUT2D eigenvalue weighted by atomic mass is 10.2. The van der Waals surface area contributed by atoms with Crippen LogP contribution in [-0.2, 0) is 13.2 Å². The Bertz CT molecular complexity index is 892. The first-order valence-electron chi connectivity index (χ1n) is 9.58. The van der Waals surface area contributed by atoms with E-state index in [4.69, 9.17) is 9.47 Å². The van der Waals surface area contributed by atoms with Crippen LogP contribution in [0, 0.1) is 0 Å². The second-order valence-corrected chi connectivity index (χ2v) is 6.26. The van der Waals surface area contributed by atoms with Crippen molar-refractivity contribution in [2.75, 3.05) is 20.2 Å². The normalized spacial score (nSPS) is 10.6. The van der Waals surface area contributed by atoms with E-state index < -0.39 is 0 Å². The van der Waals surface area contributed by atoms with Crippen molar-refractivity contribution in [2.24, 2.45) is 4.99 Å². The van der Waals surface area contributed by atoms with Crippen LogP contribution in [0.1, 0.15) is 11.1 Å². The van der Waals surface area contributed by atoms with Crippen LogP contribution >= 0.6 is 24.0 Å². The summed E-state index contributed by atoms with van der Waals surface area (Å²) in [5, 5.41) is 6.53. The van der Waals surface area contributed by atoms with E-state index in [0.29, 0.717) is 38.1 Å². The molecule has 0 unspecified atom stereocenters. The van der Waals surface area contributed by atoms with Crippen molar-refractivity contribution in [2.45, 2.75) is 13.2 Å². The predicted octanol–water partition coefficient (Wildman–Crippen LogP) is 4.02. The number of guanidine groups is 1. The third-order valence-electron chi connectivity index (χ3n) is 4.14. The standard InChI is InChI=1S/C23H26N4O2.HI/c1-24-23(26-15-16-28-21-12-6-3-7-13-21)27-17-20-11-8-14-25-22(20)29-18-19-9-4-2-5-10-19;/h2-14H,15-18H2,1H3,(H2,24,26,27);1H. The Morgan fingerprint density at radius 3 is 2.37 bits per heavy atom. The van der Waals surface area contributed by atoms with Crippen LogP contribution in [0.2, 0.25) is 0 Å². The van der Waals surface area contributed by atoms with Gasteiger partial charge in [0.1, 0.15) is 19.0 Å². The maximum absolute atomic E-state index is 5.91. The van der Waals surface area contributed by atoms with E-state index in [2.05, 4.69) is 20.6 Å². The molecule has 0 saturated heterocycles. The summed E-state index contributed by atoms with van der Waals surface area (Å²) < 4.78 is 11.6. The molecule has 2 N–H and O–H groups in total. The Hall–Kier alpha value is -2.81. The summed E-state index contributed by atoms with van der Waals surface area (Å²) in [7, 11) is 1.74. The zero-order chi connectivity index (χ0) is 20.2. The molecule has 0 bridgehead atoms. The van der Waals surface area contributed by atoms with Crippen molar-refractivity contribution in [1.29, 1.82) is 0 Å². The lowest BCUT2D eigenvalue weighted by Gasteiger charge is -2.14. The quantitative estimate of drug-likeness (QED) is 0.194. The molecule has 0 aliphatic carbocycles. The molecular weight excluding hydrogens is 491 g/mol. The fraction of sp³-hybridized carbons (Fsp3) is 0.217. The summed E-state index contributed by atoms with van der Waals surface area (Å²) >= 11 is 0. The van der Waals surface area contributed by atoms with Crippen LogP contribution in [0.3, 0.4) is 0 Å². The van der Waals surface area contributed by atoms with Gasteiger partial charge in [0, 0.05) is 25.4 Å². The summed E-state index contributed by atoms with van der Waals surface area (Å²) in [6.45, 7) is 2.22. The maximum Gasteiger partial charge on any atom is 0.218 e. The van der Waals surface area contributed by atoms with Gasteiger partial charge in [0.25, 0.3) is 0 Å². The first kappa shape index (κ1) is 23.5. The molecule has 0 spiro atoms. The minimum atomic E-state index is 0. The molecule has 0 fully saturated rings. The highest BCUT2D eigenvalue weighted by molar-refractivity contribution is 14.0. The summed E-state index contributed by atoms with van der Waals surface area (Å²) in [4.78, 5) is 8.61. The molecule has 6 nitrogen and oxygen atoms in total. The molecule has 0 aliphatic rings. The topological polar surface area (TPSA) is 67.8 Å². The molecule has 7 heteroatoms. The lowest BCUT2D eigenvalue weighted by Crippen LogP contribution is -2.39. The highest BCUT2D eigenvalue weighted by Gasteiger charge is 2.06. The van der Waals surface area contributed by atoms with E-state index in [-0.39, 0.29) is 24.0 Å². The highest BCUT2D eigenvalue weighted by atomic mass is 127. The zero-order valence-electron chi connectivity index (χ0n) is 17.0. The minimum Gasteiger partial charge on any atom is -0.492 e. The van der Waals surface area contributed by atoms with E-state index in [0.717, 1.165) is 16.9 Å². The van der Waals surface area contributed by atoms with Crippen LogP contribution in [0.25, 0.3) is 0 Å². The molecule has 30 heavy (non-hydrogen) atoms. The first-order chi connectivity index (χ1) is 14.3. The van der Waals surface area contributed by atoms with E-state index in [1.807, 2.05) is 72.8 Å². The number of rotatable bonds is 9. The second-order valence-electron chi connectivity index (χ2n) is 6.26. The van der Waals surface area contributed by atoms with Gasteiger partial charge in [-0.3, -0.25) is 4.99 Å². The third-order valence-corrected chi connectivity index (χ3v) is 4.14. The fourth-order valence-electron chi connectivity index (χ4n) is 2.67.